The third-order valence-corrected chi connectivity index (χ3v) is 5.52. The van der Waals surface area contributed by atoms with Crippen molar-refractivity contribution in [1.82, 2.24) is 0 Å². The van der Waals surface area contributed by atoms with Gasteiger partial charge in [0.2, 0.25) is 0 Å². The third-order valence-electron chi connectivity index (χ3n) is 5.52. The first-order valence-electron chi connectivity index (χ1n) is 9.24. The maximum atomic E-state index is 11.4. The second kappa shape index (κ2) is 7.89. The lowest BCUT2D eigenvalue weighted by Crippen LogP contribution is -2.33. The number of ether oxygens (including phenoxy) is 1. The van der Waals surface area contributed by atoms with Gasteiger partial charge in [-0.15, -0.1) is 0 Å². The average Bonchev–Trinajstić information content (AvgIpc) is 2.70. The topological polar surface area (TPSA) is 26.3 Å². The molecule has 2 heteroatoms. The van der Waals surface area contributed by atoms with Crippen LogP contribution in [0, 0.1) is 6.92 Å². The summed E-state index contributed by atoms with van der Waals surface area (Å²) in [5.74, 6) is 0. The van der Waals surface area contributed by atoms with Gasteiger partial charge in [0, 0.05) is 19.1 Å². The molecule has 2 nitrogen and oxygen atoms in total. The molecular formula is C25H26O2. The molecule has 0 saturated heterocycles. The molecule has 27 heavy (non-hydrogen) atoms. The van der Waals surface area contributed by atoms with E-state index in [1.807, 2.05) is 26.0 Å². The molecule has 1 atom stereocenters. The fourth-order valence-corrected chi connectivity index (χ4v) is 3.58. The van der Waals surface area contributed by atoms with Crippen LogP contribution < -0.4 is 0 Å². The van der Waals surface area contributed by atoms with Crippen LogP contribution in [0.2, 0.25) is 0 Å². The van der Waals surface area contributed by atoms with E-state index in [2.05, 4.69) is 61.5 Å². The Morgan fingerprint density at radius 2 is 1.74 bits per heavy atom. The summed E-state index contributed by atoms with van der Waals surface area (Å²) in [4.78, 5) is 11.4. The Bertz CT molecular complexity index is 932. The standard InChI is InChI=1S/C25H26O2/c1-18-15-23(17-26)25(3,27-4)16-22(18)14-13-20-11-8-12-24(19(20)2)21-9-6-5-7-10-21/h5-15,17H,16H2,1-4H3/b14-13+. The number of carbonyl (C=O) groups excluding carboxylic acids is 1. The number of methoxy groups -OCH3 is 1. The largest absolute Gasteiger partial charge is 0.373 e. The summed E-state index contributed by atoms with van der Waals surface area (Å²) in [7, 11) is 1.66. The van der Waals surface area contributed by atoms with E-state index in [1.165, 1.54) is 27.8 Å². The molecule has 1 unspecified atom stereocenters. The zero-order chi connectivity index (χ0) is 19.4. The van der Waals surface area contributed by atoms with Crippen LogP contribution >= 0.6 is 0 Å². The van der Waals surface area contributed by atoms with Crippen molar-refractivity contribution in [2.24, 2.45) is 0 Å². The number of hydrogen-bond donors (Lipinski definition) is 0. The van der Waals surface area contributed by atoms with Gasteiger partial charge in [0.15, 0.2) is 0 Å². The number of benzene rings is 2. The number of aldehydes is 1. The van der Waals surface area contributed by atoms with Crippen molar-refractivity contribution < 1.29 is 9.53 Å². The van der Waals surface area contributed by atoms with Crippen LogP contribution in [-0.2, 0) is 9.53 Å². The zero-order valence-corrected chi connectivity index (χ0v) is 16.5. The first kappa shape index (κ1) is 19.1. The molecule has 0 amide bonds. The summed E-state index contributed by atoms with van der Waals surface area (Å²) < 4.78 is 5.65. The van der Waals surface area contributed by atoms with Crippen molar-refractivity contribution in [2.75, 3.05) is 7.11 Å². The maximum absolute atomic E-state index is 11.4. The molecular weight excluding hydrogens is 332 g/mol. The van der Waals surface area contributed by atoms with Gasteiger partial charge >= 0.3 is 0 Å². The molecule has 3 rings (SSSR count). The summed E-state index contributed by atoms with van der Waals surface area (Å²) in [6.07, 6.45) is 7.85. The van der Waals surface area contributed by atoms with Crippen LogP contribution in [-0.4, -0.2) is 19.0 Å². The predicted octanol–water partition coefficient (Wildman–Crippen LogP) is 5.93. The highest BCUT2D eigenvalue weighted by atomic mass is 16.5. The van der Waals surface area contributed by atoms with Crippen molar-refractivity contribution in [3.05, 3.63) is 88.5 Å². The second-order valence-corrected chi connectivity index (χ2v) is 7.26. The number of rotatable bonds is 5. The fourth-order valence-electron chi connectivity index (χ4n) is 3.58. The van der Waals surface area contributed by atoms with Crippen LogP contribution in [0.1, 0.15) is 31.4 Å². The molecule has 0 aliphatic heterocycles. The molecule has 0 heterocycles. The van der Waals surface area contributed by atoms with E-state index in [9.17, 15) is 4.79 Å². The summed E-state index contributed by atoms with van der Waals surface area (Å²) in [5.41, 5.74) is 7.35. The minimum atomic E-state index is -0.568. The normalized spacial score (nSPS) is 20.1. The molecule has 0 bridgehead atoms. The Morgan fingerprint density at radius 1 is 1.00 bits per heavy atom. The molecule has 0 spiro atoms. The Hall–Kier alpha value is -2.71. The molecule has 0 fully saturated rings. The molecule has 0 radical (unpaired) electrons. The molecule has 2 aromatic carbocycles. The average molecular weight is 358 g/mol. The zero-order valence-electron chi connectivity index (χ0n) is 16.5. The lowest BCUT2D eigenvalue weighted by Gasteiger charge is -2.32. The monoisotopic (exact) mass is 358 g/mol. The Labute approximate surface area is 161 Å². The number of hydrogen-bond acceptors (Lipinski definition) is 2. The first-order chi connectivity index (χ1) is 13.0. The van der Waals surface area contributed by atoms with Gasteiger partial charge in [-0.1, -0.05) is 60.7 Å². The summed E-state index contributed by atoms with van der Waals surface area (Å²) in [6.45, 7) is 6.17. The molecule has 138 valence electrons. The van der Waals surface area contributed by atoms with Crippen LogP contribution in [0.15, 0.2) is 77.4 Å². The quantitative estimate of drug-likeness (QED) is 0.620. The van der Waals surface area contributed by atoms with E-state index < -0.39 is 5.60 Å². The Morgan fingerprint density at radius 3 is 2.41 bits per heavy atom. The van der Waals surface area contributed by atoms with Crippen molar-refractivity contribution in [3.8, 4) is 11.1 Å². The van der Waals surface area contributed by atoms with Gasteiger partial charge in [-0.25, -0.2) is 0 Å². The highest BCUT2D eigenvalue weighted by Gasteiger charge is 2.32. The van der Waals surface area contributed by atoms with Crippen LogP contribution in [0.4, 0.5) is 0 Å². The Balaban J connectivity index is 1.95. The Kier molecular flexibility index (Phi) is 5.57. The predicted molar refractivity (Wildman–Crippen MR) is 113 cm³/mol. The molecule has 1 aliphatic carbocycles. The summed E-state index contributed by atoms with van der Waals surface area (Å²) in [6, 6.07) is 16.8. The molecule has 2 aromatic rings. The first-order valence-corrected chi connectivity index (χ1v) is 9.24. The fraction of sp³-hybridized carbons (Fsp3) is 0.240. The van der Waals surface area contributed by atoms with E-state index >= 15 is 0 Å². The van der Waals surface area contributed by atoms with Gasteiger partial charge in [0.1, 0.15) is 6.29 Å². The minimum absolute atomic E-state index is 0.568. The SMILES string of the molecule is COC1(C)CC(/C=C/c2cccc(-c3ccccc3)c2C)=C(C)C=C1C=O. The molecule has 0 N–H and O–H groups in total. The van der Waals surface area contributed by atoms with Gasteiger partial charge in [-0.05, 0) is 60.2 Å². The summed E-state index contributed by atoms with van der Waals surface area (Å²) in [5, 5.41) is 0. The highest BCUT2D eigenvalue weighted by Crippen LogP contribution is 2.35. The smallest absolute Gasteiger partial charge is 0.148 e. The lowest BCUT2D eigenvalue weighted by atomic mass is 9.81. The van der Waals surface area contributed by atoms with E-state index in [-0.39, 0.29) is 0 Å². The van der Waals surface area contributed by atoms with Crippen LogP contribution in [0.25, 0.3) is 17.2 Å². The molecule has 0 aromatic heterocycles. The van der Waals surface area contributed by atoms with Crippen molar-refractivity contribution in [1.29, 1.82) is 0 Å². The van der Waals surface area contributed by atoms with Crippen LogP contribution in [0.3, 0.4) is 0 Å². The van der Waals surface area contributed by atoms with Crippen molar-refractivity contribution >= 4 is 12.4 Å². The lowest BCUT2D eigenvalue weighted by molar-refractivity contribution is -0.107. The van der Waals surface area contributed by atoms with Gasteiger partial charge in [0.05, 0.1) is 5.60 Å². The maximum Gasteiger partial charge on any atom is 0.148 e. The summed E-state index contributed by atoms with van der Waals surface area (Å²) >= 11 is 0. The van der Waals surface area contributed by atoms with Crippen LogP contribution in [0.5, 0.6) is 0 Å². The third kappa shape index (κ3) is 3.86. The van der Waals surface area contributed by atoms with E-state index in [1.54, 1.807) is 7.11 Å². The number of allylic oxidation sites excluding steroid dienone is 3. The van der Waals surface area contributed by atoms with Gasteiger partial charge in [-0.3, -0.25) is 4.79 Å². The van der Waals surface area contributed by atoms with Gasteiger partial charge in [-0.2, -0.15) is 0 Å². The number of carbonyl (C=O) groups is 1. The van der Waals surface area contributed by atoms with Crippen molar-refractivity contribution in [2.45, 2.75) is 32.8 Å². The highest BCUT2D eigenvalue weighted by molar-refractivity contribution is 5.79. The van der Waals surface area contributed by atoms with Gasteiger partial charge < -0.3 is 4.74 Å². The second-order valence-electron chi connectivity index (χ2n) is 7.26. The van der Waals surface area contributed by atoms with E-state index in [0.717, 1.165) is 11.9 Å². The minimum Gasteiger partial charge on any atom is -0.373 e. The van der Waals surface area contributed by atoms with E-state index in [0.29, 0.717) is 12.0 Å². The van der Waals surface area contributed by atoms with Crippen molar-refractivity contribution in [3.63, 3.8) is 0 Å². The molecule has 0 saturated carbocycles. The van der Waals surface area contributed by atoms with E-state index in [4.69, 9.17) is 4.74 Å². The molecule has 1 aliphatic rings. The van der Waals surface area contributed by atoms with Gasteiger partial charge in [0.25, 0.3) is 0 Å².